The summed E-state index contributed by atoms with van der Waals surface area (Å²) in [5.41, 5.74) is 2.18. The maximum Gasteiger partial charge on any atom is 0.303 e. The topological polar surface area (TPSA) is 41.7 Å². The molecule has 0 aromatic carbocycles. The third kappa shape index (κ3) is 1.62. The predicted molar refractivity (Wildman–Crippen MR) is 53.4 cm³/mol. The molecule has 72 valence electrons. The molecule has 1 N–H and O–H groups in total. The zero-order valence-electron chi connectivity index (χ0n) is 7.68. The molecule has 0 amide bonds. The van der Waals surface area contributed by atoms with Gasteiger partial charge in [-0.25, -0.2) is 0 Å². The van der Waals surface area contributed by atoms with Crippen LogP contribution in [0.3, 0.4) is 0 Å². The van der Waals surface area contributed by atoms with Crippen molar-refractivity contribution in [3.8, 4) is 0 Å². The lowest BCUT2D eigenvalue weighted by molar-refractivity contribution is -0.136. The van der Waals surface area contributed by atoms with E-state index in [1.54, 1.807) is 0 Å². The second-order valence-electron chi connectivity index (χ2n) is 3.23. The van der Waals surface area contributed by atoms with Gasteiger partial charge in [-0.1, -0.05) is 6.07 Å². The van der Waals surface area contributed by atoms with Crippen LogP contribution in [0, 0.1) is 0 Å². The van der Waals surface area contributed by atoms with E-state index >= 15 is 0 Å². The van der Waals surface area contributed by atoms with E-state index in [1.165, 1.54) is 0 Å². The molecule has 0 aliphatic heterocycles. The van der Waals surface area contributed by atoms with Gasteiger partial charge in [0.15, 0.2) is 0 Å². The van der Waals surface area contributed by atoms with Gasteiger partial charge in [0, 0.05) is 24.3 Å². The molecule has 0 saturated heterocycles. The number of carbonyl (C=O) groups is 1. The van der Waals surface area contributed by atoms with Crippen LogP contribution in [0.5, 0.6) is 0 Å². The summed E-state index contributed by atoms with van der Waals surface area (Å²) < 4.78 is 2.00. The van der Waals surface area contributed by atoms with Crippen molar-refractivity contribution >= 4 is 11.5 Å². The second-order valence-corrected chi connectivity index (χ2v) is 3.23. The van der Waals surface area contributed by atoms with Crippen LogP contribution in [0.1, 0.15) is 12.0 Å². The highest BCUT2D eigenvalue weighted by Gasteiger charge is 2.03. The molecule has 0 fully saturated rings. The third-order valence-electron chi connectivity index (χ3n) is 2.26. The molecule has 2 heterocycles. The van der Waals surface area contributed by atoms with Crippen molar-refractivity contribution in [2.75, 3.05) is 0 Å². The van der Waals surface area contributed by atoms with Crippen LogP contribution in [-0.4, -0.2) is 15.5 Å². The summed E-state index contributed by atoms with van der Waals surface area (Å²) in [7, 11) is 0. The molecule has 0 saturated carbocycles. The van der Waals surface area contributed by atoms with Gasteiger partial charge in [-0.3, -0.25) is 4.79 Å². The first kappa shape index (κ1) is 8.81. The molecule has 0 radical (unpaired) electrons. The highest BCUT2D eigenvalue weighted by Crippen LogP contribution is 2.13. The molecule has 0 spiro atoms. The number of nitrogens with zero attached hydrogens (tertiary/aromatic N) is 1. The molecule has 2 aromatic heterocycles. The fourth-order valence-electron chi connectivity index (χ4n) is 1.57. The zero-order chi connectivity index (χ0) is 9.97. The van der Waals surface area contributed by atoms with E-state index in [0.29, 0.717) is 6.42 Å². The lowest BCUT2D eigenvalue weighted by atomic mass is 10.1. The summed E-state index contributed by atoms with van der Waals surface area (Å²) in [6.07, 6.45) is 4.69. The molecule has 0 unspecified atom stereocenters. The van der Waals surface area contributed by atoms with Crippen molar-refractivity contribution in [2.45, 2.75) is 12.8 Å². The Morgan fingerprint density at radius 2 is 2.14 bits per heavy atom. The number of aliphatic carboxylic acids is 1. The molecule has 2 rings (SSSR count). The van der Waals surface area contributed by atoms with Gasteiger partial charge in [0.25, 0.3) is 0 Å². The molecule has 3 heteroatoms. The van der Waals surface area contributed by atoms with E-state index in [4.69, 9.17) is 5.11 Å². The maximum absolute atomic E-state index is 10.4. The van der Waals surface area contributed by atoms with Crippen molar-refractivity contribution in [3.63, 3.8) is 0 Å². The summed E-state index contributed by atoms with van der Waals surface area (Å²) in [4.78, 5) is 10.4. The summed E-state index contributed by atoms with van der Waals surface area (Å²) >= 11 is 0. The van der Waals surface area contributed by atoms with Gasteiger partial charge >= 0.3 is 5.97 Å². The Bertz CT molecular complexity index is 459. The average Bonchev–Trinajstić information content (AvgIpc) is 2.58. The molecule has 14 heavy (non-hydrogen) atoms. The number of hydrogen-bond donors (Lipinski definition) is 1. The van der Waals surface area contributed by atoms with E-state index in [-0.39, 0.29) is 6.42 Å². The van der Waals surface area contributed by atoms with E-state index in [2.05, 4.69) is 0 Å². The van der Waals surface area contributed by atoms with Crippen LogP contribution in [-0.2, 0) is 11.2 Å². The summed E-state index contributed by atoms with van der Waals surface area (Å²) in [6.45, 7) is 0. The van der Waals surface area contributed by atoms with Crippen molar-refractivity contribution in [1.29, 1.82) is 0 Å². The highest BCUT2D eigenvalue weighted by molar-refractivity contribution is 5.68. The smallest absolute Gasteiger partial charge is 0.303 e. The Morgan fingerprint density at radius 1 is 1.29 bits per heavy atom. The van der Waals surface area contributed by atoms with Gasteiger partial charge in [0.1, 0.15) is 0 Å². The lowest BCUT2D eigenvalue weighted by Gasteiger charge is -1.97. The normalized spacial score (nSPS) is 10.6. The SMILES string of the molecule is O=C(O)CCc1ccn2ccccc12. The number of hydrogen-bond acceptors (Lipinski definition) is 1. The first-order chi connectivity index (χ1) is 6.77. The van der Waals surface area contributed by atoms with Gasteiger partial charge < -0.3 is 9.51 Å². The first-order valence-corrected chi connectivity index (χ1v) is 4.54. The van der Waals surface area contributed by atoms with Crippen molar-refractivity contribution in [1.82, 2.24) is 4.40 Å². The van der Waals surface area contributed by atoms with Crippen LogP contribution >= 0.6 is 0 Å². The molecule has 0 aliphatic carbocycles. The maximum atomic E-state index is 10.4. The molecule has 3 nitrogen and oxygen atoms in total. The van der Waals surface area contributed by atoms with E-state index in [1.807, 2.05) is 41.1 Å². The Morgan fingerprint density at radius 3 is 2.93 bits per heavy atom. The number of pyridine rings is 1. The van der Waals surface area contributed by atoms with E-state index < -0.39 is 5.97 Å². The predicted octanol–water partition coefficient (Wildman–Crippen LogP) is 1.96. The van der Waals surface area contributed by atoms with Crippen LogP contribution in [0.15, 0.2) is 36.7 Å². The molecule has 0 atom stereocenters. The number of carboxylic acids is 1. The minimum Gasteiger partial charge on any atom is -0.481 e. The van der Waals surface area contributed by atoms with Gasteiger partial charge in [-0.2, -0.15) is 0 Å². The second kappa shape index (κ2) is 3.54. The molecular formula is C11H11NO2. The van der Waals surface area contributed by atoms with Crippen LogP contribution in [0.25, 0.3) is 5.52 Å². The fraction of sp³-hybridized carbons (Fsp3) is 0.182. The number of aromatic nitrogens is 1. The van der Waals surface area contributed by atoms with Crippen LogP contribution in [0.2, 0.25) is 0 Å². The first-order valence-electron chi connectivity index (χ1n) is 4.54. The molecular weight excluding hydrogens is 178 g/mol. The van der Waals surface area contributed by atoms with Crippen molar-refractivity contribution in [2.24, 2.45) is 0 Å². The molecule has 0 aliphatic rings. The van der Waals surface area contributed by atoms with Gasteiger partial charge in [-0.15, -0.1) is 0 Å². The Labute approximate surface area is 81.6 Å². The van der Waals surface area contributed by atoms with E-state index in [9.17, 15) is 4.79 Å². The lowest BCUT2D eigenvalue weighted by Crippen LogP contribution is -1.96. The largest absolute Gasteiger partial charge is 0.481 e. The van der Waals surface area contributed by atoms with Gasteiger partial charge in [-0.05, 0) is 30.2 Å². The van der Waals surface area contributed by atoms with Crippen molar-refractivity contribution in [3.05, 3.63) is 42.2 Å². The van der Waals surface area contributed by atoms with Crippen LogP contribution < -0.4 is 0 Å². The van der Waals surface area contributed by atoms with Crippen molar-refractivity contribution < 1.29 is 9.90 Å². The van der Waals surface area contributed by atoms with E-state index in [0.717, 1.165) is 11.1 Å². The summed E-state index contributed by atoms with van der Waals surface area (Å²) in [6, 6.07) is 7.88. The quantitative estimate of drug-likeness (QED) is 0.801. The molecule has 2 aromatic rings. The number of carboxylic acid groups (broad SMARTS) is 1. The minimum atomic E-state index is -0.750. The number of rotatable bonds is 3. The van der Waals surface area contributed by atoms with Gasteiger partial charge in [0.05, 0.1) is 0 Å². The Balaban J connectivity index is 2.29. The number of aryl methyl sites for hydroxylation is 1. The Kier molecular flexibility index (Phi) is 2.23. The monoisotopic (exact) mass is 189 g/mol. The average molecular weight is 189 g/mol. The Hall–Kier alpha value is -1.77. The fourth-order valence-corrected chi connectivity index (χ4v) is 1.57. The molecule has 0 bridgehead atoms. The standard InChI is InChI=1S/C11H11NO2/c13-11(14)5-4-9-6-8-12-7-2-1-3-10(9)12/h1-3,6-8H,4-5H2,(H,13,14). The summed E-state index contributed by atoms with van der Waals surface area (Å²) in [5.74, 6) is -0.750. The third-order valence-corrected chi connectivity index (χ3v) is 2.26. The highest BCUT2D eigenvalue weighted by atomic mass is 16.4. The number of fused-ring (bicyclic) bond motifs is 1. The minimum absolute atomic E-state index is 0.189. The summed E-state index contributed by atoms with van der Waals surface area (Å²) in [5, 5.41) is 8.58. The zero-order valence-corrected chi connectivity index (χ0v) is 7.68. The van der Waals surface area contributed by atoms with Gasteiger partial charge in [0.2, 0.25) is 0 Å². The van der Waals surface area contributed by atoms with Crippen LogP contribution in [0.4, 0.5) is 0 Å².